The van der Waals surface area contributed by atoms with Gasteiger partial charge in [-0.25, -0.2) is 4.79 Å². The molecule has 0 aliphatic carbocycles. The number of Topliss-reactive ketones (excluding diaryl/α,β-unsaturated/α-hetero) is 1. The van der Waals surface area contributed by atoms with Crippen LogP contribution in [0, 0.1) is 0 Å². The first-order valence-electron chi connectivity index (χ1n) is 5.05. The molecule has 0 saturated carbocycles. The third-order valence-electron chi connectivity index (χ3n) is 2.17. The Kier molecular flexibility index (Phi) is 4.05. The van der Waals surface area contributed by atoms with Crippen LogP contribution in [-0.2, 0) is 4.79 Å². The molecule has 0 spiro atoms. The van der Waals surface area contributed by atoms with Crippen LogP contribution >= 0.6 is 0 Å². The van der Waals surface area contributed by atoms with Crippen molar-refractivity contribution in [2.24, 2.45) is 0 Å². The van der Waals surface area contributed by atoms with E-state index in [-0.39, 0.29) is 5.78 Å². The smallest absolute Gasteiger partial charge is 0.344 e. The molecule has 1 aromatic rings. The highest BCUT2D eigenvalue weighted by atomic mass is 16.5. The summed E-state index contributed by atoms with van der Waals surface area (Å²) in [5, 5.41) is 8.82. The highest BCUT2D eigenvalue weighted by molar-refractivity contribution is 5.94. The van der Waals surface area contributed by atoms with Crippen molar-refractivity contribution in [3.8, 4) is 5.75 Å². The summed E-state index contributed by atoms with van der Waals surface area (Å²) in [6, 6.07) is 6.52. The summed E-state index contributed by atoms with van der Waals surface area (Å²) < 4.78 is 5.26. The van der Waals surface area contributed by atoms with Gasteiger partial charge >= 0.3 is 5.97 Å². The normalized spacial score (nSPS) is 11.9. The Morgan fingerprint density at radius 1 is 1.44 bits per heavy atom. The molecule has 0 heterocycles. The molecular formula is C12H14O4. The van der Waals surface area contributed by atoms with E-state index in [2.05, 4.69) is 0 Å². The van der Waals surface area contributed by atoms with Crippen LogP contribution in [0.1, 0.15) is 30.6 Å². The lowest BCUT2D eigenvalue weighted by molar-refractivity contribution is -0.145. The Morgan fingerprint density at radius 3 is 2.62 bits per heavy atom. The highest BCUT2D eigenvalue weighted by Gasteiger charge is 2.16. The lowest BCUT2D eigenvalue weighted by Gasteiger charge is -2.13. The molecule has 0 saturated heterocycles. The summed E-state index contributed by atoms with van der Waals surface area (Å²) in [7, 11) is 0. The number of carboxylic acid groups (broad SMARTS) is 1. The monoisotopic (exact) mass is 222 g/mol. The number of carbonyl (C=O) groups excluding carboxylic acids is 1. The summed E-state index contributed by atoms with van der Waals surface area (Å²) in [6.07, 6.45) is -0.498. The highest BCUT2D eigenvalue weighted by Crippen LogP contribution is 2.16. The fraction of sp³-hybridized carbons (Fsp3) is 0.333. The van der Waals surface area contributed by atoms with Gasteiger partial charge in [0.25, 0.3) is 0 Å². The van der Waals surface area contributed by atoms with Gasteiger partial charge in [-0.3, -0.25) is 4.79 Å². The van der Waals surface area contributed by atoms with E-state index in [1.807, 2.05) is 0 Å². The molecule has 0 radical (unpaired) electrons. The van der Waals surface area contributed by atoms with Crippen LogP contribution < -0.4 is 4.74 Å². The van der Waals surface area contributed by atoms with Gasteiger partial charge in [-0.1, -0.05) is 19.1 Å². The van der Waals surface area contributed by atoms with Crippen molar-refractivity contribution in [2.75, 3.05) is 0 Å². The van der Waals surface area contributed by atoms with Crippen molar-refractivity contribution in [3.05, 3.63) is 29.8 Å². The van der Waals surface area contributed by atoms with E-state index in [0.717, 1.165) is 0 Å². The number of carbonyl (C=O) groups is 2. The van der Waals surface area contributed by atoms with Crippen LogP contribution in [0.15, 0.2) is 24.3 Å². The van der Waals surface area contributed by atoms with Crippen LogP contribution in [0.3, 0.4) is 0 Å². The molecule has 0 amide bonds. The number of aliphatic carboxylic acids is 1. The quantitative estimate of drug-likeness (QED) is 0.775. The fourth-order valence-corrected chi connectivity index (χ4v) is 1.26. The molecule has 0 bridgehead atoms. The zero-order valence-corrected chi connectivity index (χ0v) is 9.27. The van der Waals surface area contributed by atoms with Gasteiger partial charge in [-0.15, -0.1) is 0 Å². The molecule has 4 heteroatoms. The van der Waals surface area contributed by atoms with Gasteiger partial charge in [0.05, 0.1) is 0 Å². The number of benzene rings is 1. The number of hydrogen-bond acceptors (Lipinski definition) is 3. The second-order valence-corrected chi connectivity index (χ2v) is 3.44. The predicted molar refractivity (Wildman–Crippen MR) is 58.8 cm³/mol. The summed E-state index contributed by atoms with van der Waals surface area (Å²) >= 11 is 0. The first-order chi connectivity index (χ1) is 7.54. The molecule has 0 aliphatic rings. The Balaban J connectivity index is 2.84. The van der Waals surface area contributed by atoms with Gasteiger partial charge in [0.1, 0.15) is 5.75 Å². The van der Waals surface area contributed by atoms with Gasteiger partial charge in [0.15, 0.2) is 11.9 Å². The Hall–Kier alpha value is -1.84. The third kappa shape index (κ3) is 3.08. The van der Waals surface area contributed by atoms with E-state index in [0.29, 0.717) is 17.7 Å². The van der Waals surface area contributed by atoms with Crippen molar-refractivity contribution in [1.82, 2.24) is 0 Å². The van der Waals surface area contributed by atoms with E-state index >= 15 is 0 Å². The van der Waals surface area contributed by atoms with E-state index in [1.54, 1.807) is 31.2 Å². The van der Waals surface area contributed by atoms with Crippen LogP contribution in [0.25, 0.3) is 0 Å². The molecule has 86 valence electrons. The molecule has 1 atom stereocenters. The van der Waals surface area contributed by atoms with E-state index < -0.39 is 12.1 Å². The van der Waals surface area contributed by atoms with E-state index in [9.17, 15) is 9.59 Å². The number of carboxylic acids is 1. The average Bonchev–Trinajstić information content (AvgIpc) is 2.25. The van der Waals surface area contributed by atoms with Gasteiger partial charge in [0.2, 0.25) is 0 Å². The predicted octanol–water partition coefficient (Wildman–Crippen LogP) is 2.13. The third-order valence-corrected chi connectivity index (χ3v) is 2.17. The van der Waals surface area contributed by atoms with E-state index in [4.69, 9.17) is 9.84 Å². The topological polar surface area (TPSA) is 63.6 Å². The van der Waals surface area contributed by atoms with Crippen LogP contribution in [-0.4, -0.2) is 23.0 Å². The van der Waals surface area contributed by atoms with Crippen molar-refractivity contribution >= 4 is 11.8 Å². The molecule has 1 N–H and O–H groups in total. The molecule has 0 aromatic heterocycles. The first kappa shape index (κ1) is 12.2. The Morgan fingerprint density at radius 2 is 2.12 bits per heavy atom. The molecule has 4 nitrogen and oxygen atoms in total. The number of hydrogen-bond donors (Lipinski definition) is 1. The summed E-state index contributed by atoms with van der Waals surface area (Å²) in [6.45, 7) is 3.18. The van der Waals surface area contributed by atoms with Gasteiger partial charge in [-0.2, -0.15) is 0 Å². The maximum absolute atomic E-state index is 11.1. The Labute approximate surface area is 93.9 Å². The maximum Gasteiger partial charge on any atom is 0.344 e. The number of rotatable bonds is 5. The van der Waals surface area contributed by atoms with Gasteiger partial charge in [-0.05, 0) is 25.5 Å². The van der Waals surface area contributed by atoms with Crippen LogP contribution in [0.5, 0.6) is 5.75 Å². The number of ketones is 1. The first-order valence-corrected chi connectivity index (χ1v) is 5.05. The number of ether oxygens (including phenoxy) is 1. The second kappa shape index (κ2) is 5.30. The largest absolute Gasteiger partial charge is 0.479 e. The summed E-state index contributed by atoms with van der Waals surface area (Å²) in [5.41, 5.74) is 0.512. The minimum absolute atomic E-state index is 0.0752. The van der Waals surface area contributed by atoms with Crippen LogP contribution in [0.2, 0.25) is 0 Å². The minimum Gasteiger partial charge on any atom is -0.479 e. The van der Waals surface area contributed by atoms with Crippen molar-refractivity contribution in [2.45, 2.75) is 26.4 Å². The zero-order chi connectivity index (χ0) is 12.1. The molecule has 1 unspecified atom stereocenters. The summed E-state index contributed by atoms with van der Waals surface area (Å²) in [5.74, 6) is -0.675. The van der Waals surface area contributed by atoms with Crippen LogP contribution in [0.4, 0.5) is 0 Å². The maximum atomic E-state index is 11.1. The van der Waals surface area contributed by atoms with Gasteiger partial charge < -0.3 is 9.84 Å². The molecule has 0 aliphatic heterocycles. The zero-order valence-electron chi connectivity index (χ0n) is 9.27. The standard InChI is InChI=1S/C12H14O4/c1-3-11(12(14)15)16-10-6-4-5-9(7-10)8(2)13/h4-7,11H,3H2,1-2H3,(H,14,15). The molecule has 1 aromatic carbocycles. The molecule has 1 rings (SSSR count). The summed E-state index contributed by atoms with van der Waals surface area (Å²) in [4.78, 5) is 21.9. The fourth-order valence-electron chi connectivity index (χ4n) is 1.26. The van der Waals surface area contributed by atoms with Gasteiger partial charge in [0, 0.05) is 5.56 Å². The lowest BCUT2D eigenvalue weighted by Crippen LogP contribution is -2.25. The van der Waals surface area contributed by atoms with E-state index in [1.165, 1.54) is 6.92 Å². The lowest BCUT2D eigenvalue weighted by atomic mass is 10.1. The Bertz CT molecular complexity index is 398. The average molecular weight is 222 g/mol. The van der Waals surface area contributed by atoms with Crippen molar-refractivity contribution in [3.63, 3.8) is 0 Å². The van der Waals surface area contributed by atoms with Crippen molar-refractivity contribution < 1.29 is 19.4 Å². The van der Waals surface area contributed by atoms with Crippen molar-refractivity contribution in [1.29, 1.82) is 0 Å². The minimum atomic E-state index is -1.00. The molecule has 16 heavy (non-hydrogen) atoms. The second-order valence-electron chi connectivity index (χ2n) is 3.44. The molecule has 0 fully saturated rings. The SMILES string of the molecule is CCC(Oc1cccc(C(C)=O)c1)C(=O)O. The molecular weight excluding hydrogens is 208 g/mol.